The zero-order valence-corrected chi connectivity index (χ0v) is 17.0. The molecule has 6 rings (SSSR count). The molecule has 0 unspecified atom stereocenters. The maximum Gasteiger partial charge on any atom is 0.256 e. The van der Waals surface area contributed by atoms with Crippen molar-refractivity contribution in [3.8, 4) is 11.4 Å². The van der Waals surface area contributed by atoms with Gasteiger partial charge in [-0.15, -0.1) is 0 Å². The standard InChI is InChI=1S/C27H18FN3O/c28-19-11-12-20-22(15-19)23-21(13-14-29-27(23)32)24-25(20)31(16-17-7-3-1-4-8-17)26(30-24)18-9-5-2-6-10-18/h1-15H,16H2,(H,29,32). The summed E-state index contributed by atoms with van der Waals surface area (Å²) in [7, 11) is 0. The molecule has 0 atom stereocenters. The van der Waals surface area contributed by atoms with Crippen LogP contribution in [0, 0.1) is 5.82 Å². The van der Waals surface area contributed by atoms with Gasteiger partial charge in [0, 0.05) is 34.5 Å². The number of halogens is 1. The van der Waals surface area contributed by atoms with Crippen LogP contribution in [-0.2, 0) is 6.54 Å². The largest absolute Gasteiger partial charge is 0.329 e. The molecule has 0 spiro atoms. The average Bonchev–Trinajstić information content (AvgIpc) is 3.20. The Balaban J connectivity index is 1.82. The van der Waals surface area contributed by atoms with Gasteiger partial charge in [0.05, 0.1) is 16.4 Å². The van der Waals surface area contributed by atoms with Crippen LogP contribution in [0.4, 0.5) is 4.39 Å². The summed E-state index contributed by atoms with van der Waals surface area (Å²) in [6.45, 7) is 0.600. The van der Waals surface area contributed by atoms with Crippen molar-refractivity contribution in [3.05, 3.63) is 113 Å². The molecule has 6 aromatic rings. The van der Waals surface area contributed by atoms with Crippen molar-refractivity contribution in [2.24, 2.45) is 0 Å². The first-order chi connectivity index (χ1) is 15.7. The minimum absolute atomic E-state index is 0.251. The molecule has 0 saturated carbocycles. The maximum atomic E-state index is 14.3. The Morgan fingerprint density at radius 1 is 0.844 bits per heavy atom. The number of rotatable bonds is 3. The minimum Gasteiger partial charge on any atom is -0.329 e. The second-order valence-corrected chi connectivity index (χ2v) is 7.86. The number of aromatic amines is 1. The summed E-state index contributed by atoms with van der Waals surface area (Å²) in [4.78, 5) is 20.6. The molecule has 2 heterocycles. The fourth-order valence-electron chi connectivity index (χ4n) is 4.51. The summed E-state index contributed by atoms with van der Waals surface area (Å²) < 4.78 is 16.4. The summed E-state index contributed by atoms with van der Waals surface area (Å²) in [5, 5.41) is 2.56. The van der Waals surface area contributed by atoms with E-state index in [0.29, 0.717) is 22.7 Å². The van der Waals surface area contributed by atoms with Crippen molar-refractivity contribution in [2.75, 3.05) is 0 Å². The molecule has 32 heavy (non-hydrogen) atoms. The average molecular weight is 419 g/mol. The van der Waals surface area contributed by atoms with Crippen LogP contribution in [0.2, 0.25) is 0 Å². The number of hydrogen-bond donors (Lipinski definition) is 1. The van der Waals surface area contributed by atoms with Gasteiger partial charge in [-0.05, 0) is 29.8 Å². The molecule has 4 nitrogen and oxygen atoms in total. The van der Waals surface area contributed by atoms with Gasteiger partial charge in [0.15, 0.2) is 0 Å². The molecular weight excluding hydrogens is 401 g/mol. The van der Waals surface area contributed by atoms with Crippen molar-refractivity contribution < 1.29 is 4.39 Å². The smallest absolute Gasteiger partial charge is 0.256 e. The molecule has 0 saturated heterocycles. The highest BCUT2D eigenvalue weighted by Gasteiger charge is 2.20. The Morgan fingerprint density at radius 2 is 1.59 bits per heavy atom. The Bertz CT molecular complexity index is 1670. The topological polar surface area (TPSA) is 50.7 Å². The van der Waals surface area contributed by atoms with Gasteiger partial charge in [-0.2, -0.15) is 0 Å². The van der Waals surface area contributed by atoms with Crippen molar-refractivity contribution in [3.63, 3.8) is 0 Å². The zero-order chi connectivity index (χ0) is 21.7. The van der Waals surface area contributed by atoms with E-state index in [9.17, 15) is 9.18 Å². The molecule has 0 aliphatic heterocycles. The molecule has 0 fully saturated rings. The van der Waals surface area contributed by atoms with Gasteiger partial charge in [-0.25, -0.2) is 9.37 Å². The highest BCUT2D eigenvalue weighted by atomic mass is 19.1. The zero-order valence-electron chi connectivity index (χ0n) is 17.0. The molecule has 0 aliphatic carbocycles. The third kappa shape index (κ3) is 2.82. The number of nitrogens with one attached hydrogen (secondary N) is 1. The second kappa shape index (κ2) is 7.17. The number of H-pyrrole nitrogens is 1. The molecular formula is C27H18FN3O. The van der Waals surface area contributed by atoms with Crippen molar-refractivity contribution in [1.29, 1.82) is 0 Å². The monoisotopic (exact) mass is 419 g/mol. The van der Waals surface area contributed by atoms with Crippen LogP contribution in [-0.4, -0.2) is 14.5 Å². The van der Waals surface area contributed by atoms with E-state index < -0.39 is 0 Å². The van der Waals surface area contributed by atoms with E-state index in [2.05, 4.69) is 21.7 Å². The van der Waals surface area contributed by atoms with Crippen LogP contribution in [0.1, 0.15) is 5.56 Å². The van der Waals surface area contributed by atoms with Gasteiger partial charge < -0.3 is 9.55 Å². The molecule has 0 bridgehead atoms. The fraction of sp³-hybridized carbons (Fsp3) is 0.0370. The van der Waals surface area contributed by atoms with Crippen LogP contribution >= 0.6 is 0 Å². The third-order valence-electron chi connectivity index (χ3n) is 5.91. The predicted molar refractivity (Wildman–Crippen MR) is 126 cm³/mol. The van der Waals surface area contributed by atoms with Gasteiger partial charge >= 0.3 is 0 Å². The van der Waals surface area contributed by atoms with Crippen LogP contribution in [0.5, 0.6) is 0 Å². The molecule has 154 valence electrons. The lowest BCUT2D eigenvalue weighted by molar-refractivity contribution is 0.630. The highest BCUT2D eigenvalue weighted by Crippen LogP contribution is 2.36. The summed E-state index contributed by atoms with van der Waals surface area (Å²) in [5.41, 5.74) is 3.48. The third-order valence-corrected chi connectivity index (χ3v) is 5.91. The summed E-state index contributed by atoms with van der Waals surface area (Å²) in [6, 6.07) is 26.6. The Labute approximate surface area is 182 Å². The summed E-state index contributed by atoms with van der Waals surface area (Å²) in [5.74, 6) is 0.432. The first-order valence-electron chi connectivity index (χ1n) is 10.4. The van der Waals surface area contributed by atoms with Gasteiger partial charge in [-0.1, -0.05) is 60.7 Å². The van der Waals surface area contributed by atoms with E-state index >= 15 is 0 Å². The Morgan fingerprint density at radius 3 is 2.38 bits per heavy atom. The second-order valence-electron chi connectivity index (χ2n) is 7.86. The van der Waals surface area contributed by atoms with Crippen LogP contribution in [0.15, 0.2) is 95.9 Å². The molecule has 1 N–H and O–H groups in total. The molecule has 5 heteroatoms. The fourth-order valence-corrected chi connectivity index (χ4v) is 4.51. The van der Waals surface area contributed by atoms with Crippen LogP contribution < -0.4 is 5.56 Å². The molecule has 0 amide bonds. The number of pyridine rings is 1. The van der Waals surface area contributed by atoms with Gasteiger partial charge in [0.25, 0.3) is 5.56 Å². The highest BCUT2D eigenvalue weighted by molar-refractivity contribution is 6.23. The quantitative estimate of drug-likeness (QED) is 0.364. The lowest BCUT2D eigenvalue weighted by Crippen LogP contribution is -2.06. The van der Waals surface area contributed by atoms with E-state index in [4.69, 9.17) is 4.98 Å². The van der Waals surface area contributed by atoms with Crippen molar-refractivity contribution in [1.82, 2.24) is 14.5 Å². The lowest BCUT2D eigenvalue weighted by Gasteiger charge is -2.12. The Kier molecular flexibility index (Phi) is 4.15. The Hall–Kier alpha value is -4.25. The maximum absolute atomic E-state index is 14.3. The predicted octanol–water partition coefficient (Wildman–Crippen LogP) is 5.89. The number of benzene rings is 4. The van der Waals surface area contributed by atoms with Crippen molar-refractivity contribution >= 4 is 32.6 Å². The van der Waals surface area contributed by atoms with Gasteiger partial charge in [-0.3, -0.25) is 4.79 Å². The van der Waals surface area contributed by atoms with Crippen LogP contribution in [0.25, 0.3) is 44.0 Å². The van der Waals surface area contributed by atoms with E-state index in [-0.39, 0.29) is 11.4 Å². The van der Waals surface area contributed by atoms with E-state index in [1.54, 1.807) is 12.3 Å². The van der Waals surface area contributed by atoms with E-state index in [1.165, 1.54) is 12.1 Å². The number of imidazole rings is 1. The van der Waals surface area contributed by atoms with Crippen molar-refractivity contribution in [2.45, 2.75) is 6.54 Å². The minimum atomic E-state index is -0.376. The molecule has 2 aromatic heterocycles. The number of hydrogen-bond acceptors (Lipinski definition) is 2. The first kappa shape index (κ1) is 18.5. The van der Waals surface area contributed by atoms with Gasteiger partial charge in [0.2, 0.25) is 0 Å². The number of nitrogens with zero attached hydrogens (tertiary/aromatic N) is 2. The number of aromatic nitrogens is 3. The summed E-state index contributed by atoms with van der Waals surface area (Å²) in [6.07, 6.45) is 1.62. The van der Waals surface area contributed by atoms with E-state index in [1.807, 2.05) is 54.6 Å². The molecule has 4 aromatic carbocycles. The van der Waals surface area contributed by atoms with Gasteiger partial charge in [0.1, 0.15) is 11.6 Å². The lowest BCUT2D eigenvalue weighted by atomic mass is 10.0. The normalized spacial score (nSPS) is 11.5. The molecule has 0 aliphatic rings. The van der Waals surface area contributed by atoms with Crippen LogP contribution in [0.3, 0.4) is 0 Å². The number of fused-ring (bicyclic) bond motifs is 6. The summed E-state index contributed by atoms with van der Waals surface area (Å²) >= 11 is 0. The first-order valence-corrected chi connectivity index (χ1v) is 10.4. The van der Waals surface area contributed by atoms with E-state index in [0.717, 1.165) is 33.4 Å². The SMILES string of the molecule is O=c1[nH]ccc2c3nc(-c4ccccc4)n(Cc4ccccc4)c3c3ccc(F)cc3c12. The molecule has 0 radical (unpaired) electrons.